The van der Waals surface area contributed by atoms with Crippen LogP contribution < -0.4 is 0 Å². The Labute approximate surface area is 99.9 Å². The molecule has 0 amide bonds. The fraction of sp³-hybridized carbons (Fsp3) is 0.636. The Balaban J connectivity index is 2.39. The first-order valence-corrected chi connectivity index (χ1v) is 9.42. The lowest BCUT2D eigenvalue weighted by Crippen LogP contribution is -2.21. The van der Waals surface area contributed by atoms with Crippen molar-refractivity contribution >= 4 is 18.5 Å². The van der Waals surface area contributed by atoms with Gasteiger partial charge in [-0.05, 0) is 12.8 Å². The summed E-state index contributed by atoms with van der Waals surface area (Å²) in [5, 5.41) is 0. The summed E-state index contributed by atoms with van der Waals surface area (Å²) >= 11 is 6.27. The van der Waals surface area contributed by atoms with Crippen LogP contribution in [0.3, 0.4) is 0 Å². The van der Waals surface area contributed by atoms with Gasteiger partial charge in [-0.1, -0.05) is 36.9 Å². The first-order valence-electron chi connectivity index (χ1n) is 5.33. The molecule has 16 heavy (non-hydrogen) atoms. The van der Waals surface area contributed by atoms with E-state index >= 15 is 0 Å². The van der Waals surface area contributed by atoms with Gasteiger partial charge in [-0.15, -0.1) is 0 Å². The van der Waals surface area contributed by atoms with Crippen LogP contribution in [0.1, 0.15) is 19.3 Å². The Morgan fingerprint density at radius 2 is 2.00 bits per heavy atom. The highest BCUT2D eigenvalue weighted by molar-refractivity contribution is 7.20. The maximum atomic E-state index is 11.9. The van der Waals surface area contributed by atoms with Gasteiger partial charge in [-0.25, -0.2) is 0 Å². The van der Waals surface area contributed by atoms with Gasteiger partial charge < -0.3 is 0 Å². The molecule has 1 unspecified atom stereocenters. The van der Waals surface area contributed by atoms with Crippen LogP contribution >= 0.6 is 11.1 Å². The molecule has 1 aliphatic rings. The number of halogens is 4. The summed E-state index contributed by atoms with van der Waals surface area (Å²) < 4.78 is 35.8. The van der Waals surface area contributed by atoms with Gasteiger partial charge in [0, 0.05) is 12.0 Å². The summed E-state index contributed by atoms with van der Waals surface area (Å²) in [5.41, 5.74) is 1.26. The molecule has 0 N–H and O–H groups in total. The van der Waals surface area contributed by atoms with Crippen molar-refractivity contribution in [1.29, 1.82) is 0 Å². The third-order valence-electron chi connectivity index (χ3n) is 2.63. The number of alkyl halides is 3. The molecule has 1 rings (SSSR count). The molecule has 0 aromatic heterocycles. The second-order valence-electron chi connectivity index (χ2n) is 4.66. The van der Waals surface area contributed by atoms with Gasteiger partial charge in [0.05, 0.1) is 0 Å². The minimum atomic E-state index is -4.04. The zero-order valence-electron chi connectivity index (χ0n) is 9.44. The molecule has 0 aliphatic heterocycles. The Kier molecular flexibility index (Phi) is 4.29. The van der Waals surface area contributed by atoms with Crippen LogP contribution in [0.25, 0.3) is 0 Å². The van der Waals surface area contributed by atoms with E-state index in [1.165, 1.54) is 0 Å². The Hall–Kier alpha value is -0.223. The number of allylic oxidation sites excluding steroid dienone is 4. The SMILES string of the molecule is C[Si](C)(Cl)C1C=CC(CCCC(F)(F)F)=C1. The second-order valence-corrected chi connectivity index (χ2v) is 11.4. The normalized spacial score (nSPS) is 21.4. The molecule has 0 radical (unpaired) electrons. The van der Waals surface area contributed by atoms with E-state index < -0.39 is 20.0 Å². The van der Waals surface area contributed by atoms with Gasteiger partial charge >= 0.3 is 6.18 Å². The number of hydrogen-bond donors (Lipinski definition) is 0. The summed E-state index contributed by atoms with van der Waals surface area (Å²) in [6.07, 6.45) is 1.87. The molecule has 0 saturated carbocycles. The fourth-order valence-corrected chi connectivity index (χ4v) is 3.23. The van der Waals surface area contributed by atoms with Crippen LogP contribution in [-0.2, 0) is 0 Å². The van der Waals surface area contributed by atoms with Crippen molar-refractivity contribution in [2.24, 2.45) is 0 Å². The fourth-order valence-electron chi connectivity index (χ4n) is 1.66. The zero-order valence-corrected chi connectivity index (χ0v) is 11.2. The van der Waals surface area contributed by atoms with Crippen LogP contribution in [0.4, 0.5) is 13.2 Å². The van der Waals surface area contributed by atoms with E-state index in [2.05, 4.69) is 0 Å². The molecule has 0 nitrogen and oxygen atoms in total. The molecule has 1 aliphatic carbocycles. The maximum absolute atomic E-state index is 11.9. The Bertz CT molecular complexity index is 299. The molecule has 0 heterocycles. The summed E-state index contributed by atoms with van der Waals surface area (Å²) in [6.45, 7) is 4.08. The Morgan fingerprint density at radius 1 is 1.38 bits per heavy atom. The van der Waals surface area contributed by atoms with Crippen LogP contribution in [0.15, 0.2) is 23.8 Å². The van der Waals surface area contributed by atoms with Crippen molar-refractivity contribution in [3.05, 3.63) is 23.8 Å². The molecule has 0 spiro atoms. The van der Waals surface area contributed by atoms with E-state index in [4.69, 9.17) is 11.1 Å². The zero-order chi connectivity index (χ0) is 12.4. The number of hydrogen-bond acceptors (Lipinski definition) is 0. The Morgan fingerprint density at radius 3 is 2.44 bits per heavy atom. The summed E-state index contributed by atoms with van der Waals surface area (Å²) in [5.74, 6) is 0. The van der Waals surface area contributed by atoms with E-state index in [0.29, 0.717) is 6.42 Å². The monoisotopic (exact) mass is 268 g/mol. The van der Waals surface area contributed by atoms with Crippen molar-refractivity contribution in [3.8, 4) is 0 Å². The molecule has 0 fully saturated rings. The summed E-state index contributed by atoms with van der Waals surface area (Å²) in [4.78, 5) is 0. The lowest BCUT2D eigenvalue weighted by molar-refractivity contribution is -0.135. The lowest BCUT2D eigenvalue weighted by Gasteiger charge is -2.17. The highest BCUT2D eigenvalue weighted by Crippen LogP contribution is 2.35. The standard InChI is InChI=1S/C11H16ClF3Si/c1-16(2,12)10-6-5-9(8-10)4-3-7-11(13,14)15/h5-6,8,10H,3-4,7H2,1-2H3. The number of rotatable bonds is 4. The largest absolute Gasteiger partial charge is 0.389 e. The predicted octanol–water partition coefficient (Wildman–Crippen LogP) is 5.03. The molecule has 92 valence electrons. The molecule has 5 heteroatoms. The molecule has 0 bridgehead atoms. The van der Waals surface area contributed by atoms with Crippen molar-refractivity contribution in [3.63, 3.8) is 0 Å². The molecular formula is C11H16ClF3Si. The van der Waals surface area contributed by atoms with E-state index in [0.717, 1.165) is 5.57 Å². The topological polar surface area (TPSA) is 0 Å². The van der Waals surface area contributed by atoms with Crippen molar-refractivity contribution in [1.82, 2.24) is 0 Å². The minimum Gasteiger partial charge on any atom is -0.171 e. The van der Waals surface area contributed by atoms with Gasteiger partial charge in [-0.2, -0.15) is 24.3 Å². The lowest BCUT2D eigenvalue weighted by atomic mass is 10.1. The van der Waals surface area contributed by atoms with Crippen LogP contribution in [0.2, 0.25) is 18.6 Å². The highest BCUT2D eigenvalue weighted by atomic mass is 35.6. The third-order valence-corrected chi connectivity index (χ3v) is 5.33. The van der Waals surface area contributed by atoms with Gasteiger partial charge in [0.1, 0.15) is 0 Å². The quantitative estimate of drug-likeness (QED) is 0.496. The van der Waals surface area contributed by atoms with E-state index in [9.17, 15) is 13.2 Å². The summed E-state index contributed by atoms with van der Waals surface area (Å²) in [7, 11) is -1.76. The van der Waals surface area contributed by atoms with Crippen molar-refractivity contribution < 1.29 is 13.2 Å². The van der Waals surface area contributed by atoms with Crippen LogP contribution in [0.5, 0.6) is 0 Å². The van der Waals surface area contributed by atoms with E-state index in [1.54, 1.807) is 0 Å². The van der Waals surface area contributed by atoms with Crippen molar-refractivity contribution in [2.45, 2.75) is 44.1 Å². The van der Waals surface area contributed by atoms with Crippen molar-refractivity contribution in [2.75, 3.05) is 0 Å². The molecular weight excluding hydrogens is 253 g/mol. The van der Waals surface area contributed by atoms with Gasteiger partial charge in [0.2, 0.25) is 0 Å². The van der Waals surface area contributed by atoms with E-state index in [-0.39, 0.29) is 12.0 Å². The first-order chi connectivity index (χ1) is 7.18. The molecule has 1 atom stereocenters. The van der Waals surface area contributed by atoms with Crippen LogP contribution in [0, 0.1) is 0 Å². The highest BCUT2D eigenvalue weighted by Gasteiger charge is 2.29. The van der Waals surface area contributed by atoms with Gasteiger partial charge in [0.15, 0.2) is 7.38 Å². The molecule has 0 aromatic rings. The maximum Gasteiger partial charge on any atom is 0.389 e. The molecule has 0 aromatic carbocycles. The average molecular weight is 269 g/mol. The third kappa shape index (κ3) is 4.74. The van der Waals surface area contributed by atoms with Gasteiger partial charge in [-0.3, -0.25) is 0 Å². The minimum absolute atomic E-state index is 0.163. The first kappa shape index (κ1) is 13.8. The predicted molar refractivity (Wildman–Crippen MR) is 64.2 cm³/mol. The summed E-state index contributed by atoms with van der Waals surface area (Å²) in [6, 6.07) is 0. The van der Waals surface area contributed by atoms with Crippen LogP contribution in [-0.4, -0.2) is 13.6 Å². The second kappa shape index (κ2) is 4.96. The van der Waals surface area contributed by atoms with Gasteiger partial charge in [0.25, 0.3) is 0 Å². The van der Waals surface area contributed by atoms with E-state index in [1.807, 2.05) is 31.3 Å². The molecule has 0 saturated heterocycles. The average Bonchev–Trinajstić information content (AvgIpc) is 2.49. The smallest absolute Gasteiger partial charge is 0.171 e.